The van der Waals surface area contributed by atoms with Crippen LogP contribution in [0.3, 0.4) is 0 Å². The zero-order valence-corrected chi connectivity index (χ0v) is 9.62. The number of nitrogens with two attached hydrogens (primary N) is 2. The second-order valence-electron chi connectivity index (χ2n) is 3.38. The van der Waals surface area contributed by atoms with Gasteiger partial charge in [-0.2, -0.15) is 0 Å². The summed E-state index contributed by atoms with van der Waals surface area (Å²) in [6.07, 6.45) is 0. The quantitative estimate of drug-likeness (QED) is 0.630. The second kappa shape index (κ2) is 5.69. The van der Waals surface area contributed by atoms with Gasteiger partial charge < -0.3 is 21.7 Å². The molecule has 0 saturated carbocycles. The highest BCUT2D eigenvalue weighted by molar-refractivity contribution is 5.88. The molecule has 0 aromatic heterocycles. The highest BCUT2D eigenvalue weighted by atomic mass is 35.5. The van der Waals surface area contributed by atoms with E-state index in [1.54, 1.807) is 6.92 Å². The fourth-order valence-corrected chi connectivity index (χ4v) is 1.34. The SMILES string of the molecule is Cc1cc(C(=O)O)cc([C@H](N)CN)c1O.Cl. The lowest BCUT2D eigenvalue weighted by atomic mass is 9.99. The average molecular weight is 247 g/mol. The molecule has 0 bridgehead atoms. The van der Waals surface area contributed by atoms with Crippen molar-refractivity contribution in [2.24, 2.45) is 11.5 Å². The van der Waals surface area contributed by atoms with E-state index >= 15 is 0 Å². The Morgan fingerprint density at radius 3 is 2.50 bits per heavy atom. The molecule has 5 nitrogen and oxygen atoms in total. The minimum atomic E-state index is -1.05. The van der Waals surface area contributed by atoms with E-state index in [-0.39, 0.29) is 30.3 Å². The van der Waals surface area contributed by atoms with E-state index < -0.39 is 12.0 Å². The normalized spacial score (nSPS) is 11.7. The Kier molecular flexibility index (Phi) is 5.23. The minimum absolute atomic E-state index is 0. The van der Waals surface area contributed by atoms with Crippen LogP contribution in [0.1, 0.15) is 27.5 Å². The number of phenols is 1. The number of carboxylic acids is 1. The Balaban J connectivity index is 0.00000225. The molecule has 0 saturated heterocycles. The minimum Gasteiger partial charge on any atom is -0.507 e. The van der Waals surface area contributed by atoms with Gasteiger partial charge in [0, 0.05) is 18.2 Å². The van der Waals surface area contributed by atoms with E-state index in [0.29, 0.717) is 11.1 Å². The van der Waals surface area contributed by atoms with Crippen molar-refractivity contribution in [1.82, 2.24) is 0 Å². The number of aromatic hydroxyl groups is 1. The second-order valence-corrected chi connectivity index (χ2v) is 3.38. The van der Waals surface area contributed by atoms with E-state index in [0.717, 1.165) is 0 Å². The van der Waals surface area contributed by atoms with Gasteiger partial charge in [-0.3, -0.25) is 0 Å². The largest absolute Gasteiger partial charge is 0.507 e. The van der Waals surface area contributed by atoms with Gasteiger partial charge in [0.2, 0.25) is 0 Å². The van der Waals surface area contributed by atoms with Crippen LogP contribution in [0.15, 0.2) is 12.1 Å². The third kappa shape index (κ3) is 2.85. The van der Waals surface area contributed by atoms with Gasteiger partial charge >= 0.3 is 5.97 Å². The first-order valence-electron chi connectivity index (χ1n) is 4.49. The maximum absolute atomic E-state index is 10.8. The number of hydrogen-bond acceptors (Lipinski definition) is 4. The third-order valence-electron chi connectivity index (χ3n) is 2.23. The first-order valence-corrected chi connectivity index (χ1v) is 4.49. The average Bonchev–Trinajstić information content (AvgIpc) is 2.20. The molecule has 0 aliphatic heterocycles. The van der Waals surface area contributed by atoms with Crippen LogP contribution >= 0.6 is 12.4 Å². The van der Waals surface area contributed by atoms with Crippen molar-refractivity contribution in [3.63, 3.8) is 0 Å². The maximum Gasteiger partial charge on any atom is 0.335 e. The van der Waals surface area contributed by atoms with Gasteiger partial charge in [-0.1, -0.05) is 0 Å². The molecule has 0 unspecified atom stereocenters. The number of phenolic OH excluding ortho intramolecular Hbond substituents is 1. The number of hydrogen-bond donors (Lipinski definition) is 4. The number of carboxylic acid groups (broad SMARTS) is 1. The predicted octanol–water partition coefficient (Wildman–Crippen LogP) is 0.779. The van der Waals surface area contributed by atoms with Gasteiger partial charge in [0.15, 0.2) is 0 Å². The van der Waals surface area contributed by atoms with Crippen LogP contribution in [-0.2, 0) is 0 Å². The zero-order valence-electron chi connectivity index (χ0n) is 8.80. The molecule has 1 atom stereocenters. The third-order valence-corrected chi connectivity index (χ3v) is 2.23. The molecule has 1 rings (SSSR count). The molecule has 0 heterocycles. The molecule has 0 radical (unpaired) electrons. The number of aromatic carboxylic acids is 1. The molecular formula is C10H15ClN2O3. The highest BCUT2D eigenvalue weighted by Crippen LogP contribution is 2.27. The number of aryl methyl sites for hydroxylation is 1. The van der Waals surface area contributed by atoms with Crippen molar-refractivity contribution in [2.45, 2.75) is 13.0 Å². The van der Waals surface area contributed by atoms with E-state index in [1.807, 2.05) is 0 Å². The first kappa shape index (κ1) is 14.7. The molecular weight excluding hydrogens is 232 g/mol. The molecule has 0 spiro atoms. The van der Waals surface area contributed by atoms with Crippen LogP contribution in [-0.4, -0.2) is 22.7 Å². The van der Waals surface area contributed by atoms with Gasteiger partial charge in [-0.25, -0.2) is 4.79 Å². The zero-order chi connectivity index (χ0) is 11.6. The van der Waals surface area contributed by atoms with Gasteiger partial charge in [-0.05, 0) is 24.6 Å². The van der Waals surface area contributed by atoms with Crippen molar-refractivity contribution in [2.75, 3.05) is 6.54 Å². The fourth-order valence-electron chi connectivity index (χ4n) is 1.34. The van der Waals surface area contributed by atoms with E-state index in [1.165, 1.54) is 12.1 Å². The van der Waals surface area contributed by atoms with Crippen molar-refractivity contribution in [3.05, 3.63) is 28.8 Å². The van der Waals surface area contributed by atoms with Crippen molar-refractivity contribution >= 4 is 18.4 Å². The molecule has 0 aliphatic carbocycles. The lowest BCUT2D eigenvalue weighted by Gasteiger charge is -2.13. The summed E-state index contributed by atoms with van der Waals surface area (Å²) in [5, 5.41) is 18.5. The molecule has 16 heavy (non-hydrogen) atoms. The van der Waals surface area contributed by atoms with Gasteiger partial charge in [0.05, 0.1) is 5.56 Å². The lowest BCUT2D eigenvalue weighted by Crippen LogP contribution is -2.21. The van der Waals surface area contributed by atoms with Crippen LogP contribution in [0.4, 0.5) is 0 Å². The molecule has 90 valence electrons. The van der Waals surface area contributed by atoms with Gasteiger partial charge in [0.1, 0.15) is 5.75 Å². The van der Waals surface area contributed by atoms with Crippen LogP contribution in [0.2, 0.25) is 0 Å². The Morgan fingerprint density at radius 1 is 1.50 bits per heavy atom. The topological polar surface area (TPSA) is 110 Å². The molecule has 0 amide bonds. The Bertz CT molecular complexity index is 396. The highest BCUT2D eigenvalue weighted by Gasteiger charge is 2.15. The monoisotopic (exact) mass is 246 g/mol. The van der Waals surface area contributed by atoms with Gasteiger partial charge in [0.25, 0.3) is 0 Å². The molecule has 1 aromatic rings. The van der Waals surface area contributed by atoms with Crippen LogP contribution < -0.4 is 11.5 Å². The number of benzene rings is 1. The summed E-state index contributed by atoms with van der Waals surface area (Å²) in [6, 6.07) is 2.19. The maximum atomic E-state index is 10.8. The molecule has 0 fully saturated rings. The first-order chi connectivity index (χ1) is 6.97. The molecule has 6 N–H and O–H groups in total. The summed E-state index contributed by atoms with van der Waals surface area (Å²) in [7, 11) is 0. The summed E-state index contributed by atoms with van der Waals surface area (Å²) in [4.78, 5) is 10.8. The Hall–Kier alpha value is -1.30. The summed E-state index contributed by atoms with van der Waals surface area (Å²) in [6.45, 7) is 1.77. The summed E-state index contributed by atoms with van der Waals surface area (Å²) in [5.41, 5.74) is 12.0. The van der Waals surface area contributed by atoms with Crippen molar-refractivity contribution in [1.29, 1.82) is 0 Å². The van der Waals surface area contributed by atoms with E-state index in [2.05, 4.69) is 0 Å². The van der Waals surface area contributed by atoms with Crippen molar-refractivity contribution in [3.8, 4) is 5.75 Å². The van der Waals surface area contributed by atoms with Crippen molar-refractivity contribution < 1.29 is 15.0 Å². The van der Waals surface area contributed by atoms with Crippen LogP contribution in [0, 0.1) is 6.92 Å². The predicted molar refractivity (Wildman–Crippen MR) is 63.0 cm³/mol. The van der Waals surface area contributed by atoms with E-state index in [4.69, 9.17) is 16.6 Å². The Labute approximate surface area is 99.5 Å². The van der Waals surface area contributed by atoms with Crippen LogP contribution in [0.5, 0.6) is 5.75 Å². The van der Waals surface area contributed by atoms with Gasteiger partial charge in [-0.15, -0.1) is 12.4 Å². The number of halogens is 1. The fraction of sp³-hybridized carbons (Fsp3) is 0.300. The Morgan fingerprint density at radius 2 is 2.06 bits per heavy atom. The lowest BCUT2D eigenvalue weighted by molar-refractivity contribution is 0.0696. The summed E-state index contributed by atoms with van der Waals surface area (Å²) >= 11 is 0. The standard InChI is InChI=1S/C10H14N2O3.ClH/c1-5-2-6(10(14)15)3-7(9(5)13)8(12)4-11;/h2-3,8,13H,4,11-12H2,1H3,(H,14,15);1H/t8-;/m1./s1. The molecule has 1 aromatic carbocycles. The number of rotatable bonds is 3. The number of carbonyl (C=O) groups is 1. The summed E-state index contributed by atoms with van der Waals surface area (Å²) in [5.74, 6) is -1.04. The molecule has 0 aliphatic rings. The smallest absolute Gasteiger partial charge is 0.335 e. The van der Waals surface area contributed by atoms with E-state index in [9.17, 15) is 9.90 Å². The molecule has 6 heteroatoms. The van der Waals surface area contributed by atoms with Crippen LogP contribution in [0.25, 0.3) is 0 Å². The summed E-state index contributed by atoms with van der Waals surface area (Å²) < 4.78 is 0.